The molecular formula is C13H18O2. The number of aliphatic hydroxyl groups is 1. The van der Waals surface area contributed by atoms with E-state index in [-0.39, 0.29) is 5.78 Å². The maximum absolute atomic E-state index is 11.5. The maximum Gasteiger partial charge on any atom is 0.190 e. The van der Waals surface area contributed by atoms with Crippen LogP contribution in [0.1, 0.15) is 36.7 Å². The minimum atomic E-state index is -0.917. The Morgan fingerprint density at radius 3 is 2.53 bits per heavy atom. The summed E-state index contributed by atoms with van der Waals surface area (Å²) in [6, 6.07) is 7.50. The zero-order valence-corrected chi connectivity index (χ0v) is 9.53. The summed E-state index contributed by atoms with van der Waals surface area (Å²) in [5.74, 6) is 0.363. The van der Waals surface area contributed by atoms with Crippen molar-refractivity contribution in [3.05, 3.63) is 35.4 Å². The van der Waals surface area contributed by atoms with E-state index in [2.05, 4.69) is 13.8 Å². The number of aliphatic hydroxyl groups excluding tert-OH is 1. The number of hydrogen-bond acceptors (Lipinski definition) is 2. The van der Waals surface area contributed by atoms with Crippen molar-refractivity contribution in [1.82, 2.24) is 0 Å². The van der Waals surface area contributed by atoms with Gasteiger partial charge in [-0.05, 0) is 30.9 Å². The van der Waals surface area contributed by atoms with Gasteiger partial charge in [0, 0.05) is 5.56 Å². The molecule has 0 bridgehead atoms. The molecule has 1 unspecified atom stereocenters. The molecule has 1 aromatic carbocycles. The second kappa shape index (κ2) is 5.08. The molecule has 0 spiro atoms. The number of Topliss-reactive ketones (excluding diaryl/α,β-unsaturated/α-hetero) is 1. The Morgan fingerprint density at radius 1 is 1.33 bits per heavy atom. The van der Waals surface area contributed by atoms with Crippen molar-refractivity contribution < 1.29 is 9.90 Å². The fourth-order valence-corrected chi connectivity index (χ4v) is 1.56. The van der Waals surface area contributed by atoms with Gasteiger partial charge in [-0.2, -0.15) is 0 Å². The maximum atomic E-state index is 11.5. The molecule has 0 amide bonds. The van der Waals surface area contributed by atoms with Crippen LogP contribution in [-0.4, -0.2) is 17.0 Å². The molecule has 82 valence electrons. The molecule has 1 N–H and O–H groups in total. The largest absolute Gasteiger partial charge is 0.385 e. The highest BCUT2D eigenvalue weighted by Gasteiger charge is 2.12. The van der Waals surface area contributed by atoms with E-state index < -0.39 is 6.10 Å². The average molecular weight is 206 g/mol. The van der Waals surface area contributed by atoms with Crippen LogP contribution in [0.2, 0.25) is 0 Å². The zero-order chi connectivity index (χ0) is 11.4. The second-order valence-electron chi connectivity index (χ2n) is 4.34. The fourth-order valence-electron chi connectivity index (χ4n) is 1.56. The number of ketones is 1. The normalized spacial score (nSPS) is 12.9. The van der Waals surface area contributed by atoms with Crippen molar-refractivity contribution in [3.8, 4) is 0 Å². The summed E-state index contributed by atoms with van der Waals surface area (Å²) in [6.45, 7) is 5.78. The first-order chi connectivity index (χ1) is 7.00. The van der Waals surface area contributed by atoms with E-state index in [1.54, 1.807) is 6.07 Å². The monoisotopic (exact) mass is 206 g/mol. The number of benzene rings is 1. The molecule has 1 atom stereocenters. The van der Waals surface area contributed by atoms with Gasteiger partial charge in [-0.15, -0.1) is 0 Å². The van der Waals surface area contributed by atoms with Gasteiger partial charge < -0.3 is 5.11 Å². The third kappa shape index (κ3) is 3.48. The molecule has 0 aliphatic heterocycles. The second-order valence-corrected chi connectivity index (χ2v) is 4.34. The van der Waals surface area contributed by atoms with E-state index >= 15 is 0 Å². The molecule has 0 saturated heterocycles. The lowest BCUT2D eigenvalue weighted by Gasteiger charge is -2.08. The summed E-state index contributed by atoms with van der Waals surface area (Å²) in [6.07, 6.45) is 0.0419. The number of hydrogen-bond donors (Lipinski definition) is 1. The van der Waals surface area contributed by atoms with Gasteiger partial charge in [-0.3, -0.25) is 4.79 Å². The van der Waals surface area contributed by atoms with Gasteiger partial charge in [0.1, 0.15) is 6.10 Å². The number of rotatable bonds is 4. The molecule has 2 heteroatoms. The first-order valence-electron chi connectivity index (χ1n) is 5.32. The van der Waals surface area contributed by atoms with E-state index in [1.807, 2.05) is 18.2 Å². The summed E-state index contributed by atoms with van der Waals surface area (Å²) >= 11 is 0. The number of carbonyl (C=O) groups is 1. The van der Waals surface area contributed by atoms with E-state index in [4.69, 9.17) is 0 Å². The van der Waals surface area contributed by atoms with Crippen molar-refractivity contribution in [1.29, 1.82) is 0 Å². The first-order valence-corrected chi connectivity index (χ1v) is 5.32. The summed E-state index contributed by atoms with van der Waals surface area (Å²) in [4.78, 5) is 11.5. The van der Waals surface area contributed by atoms with Gasteiger partial charge >= 0.3 is 0 Å². The van der Waals surface area contributed by atoms with Gasteiger partial charge in [0.2, 0.25) is 0 Å². The highest BCUT2D eigenvalue weighted by molar-refractivity contribution is 5.99. The van der Waals surface area contributed by atoms with Gasteiger partial charge in [0.05, 0.1) is 0 Å². The topological polar surface area (TPSA) is 37.3 Å². The van der Waals surface area contributed by atoms with Crippen LogP contribution in [0.3, 0.4) is 0 Å². The summed E-state index contributed by atoms with van der Waals surface area (Å²) in [5, 5.41) is 9.20. The van der Waals surface area contributed by atoms with Crippen LogP contribution in [0.5, 0.6) is 0 Å². The van der Waals surface area contributed by atoms with E-state index in [0.29, 0.717) is 11.5 Å². The fraction of sp³-hybridized carbons (Fsp3) is 0.462. The Balaban J connectivity index is 2.87. The van der Waals surface area contributed by atoms with Crippen molar-refractivity contribution in [2.24, 2.45) is 5.92 Å². The Labute approximate surface area is 90.9 Å². The summed E-state index contributed by atoms with van der Waals surface area (Å²) in [5.41, 5.74) is 1.75. The van der Waals surface area contributed by atoms with Crippen molar-refractivity contribution >= 4 is 5.78 Å². The van der Waals surface area contributed by atoms with E-state index in [1.165, 1.54) is 6.92 Å². The minimum absolute atomic E-state index is 0.208. The predicted octanol–water partition coefficient (Wildman–Crippen LogP) is 2.45. The standard InChI is InChI=1S/C13H18O2/c1-9(2)7-11-5-4-6-12(8-11)13(15)10(3)14/h4-6,8-10,14H,7H2,1-3H3. The molecule has 0 aromatic heterocycles. The van der Waals surface area contributed by atoms with Crippen LogP contribution < -0.4 is 0 Å². The predicted molar refractivity (Wildman–Crippen MR) is 61.0 cm³/mol. The molecule has 0 fully saturated rings. The quantitative estimate of drug-likeness (QED) is 0.768. The minimum Gasteiger partial charge on any atom is -0.385 e. The van der Waals surface area contributed by atoms with Crippen LogP contribution in [-0.2, 0) is 6.42 Å². The first kappa shape index (κ1) is 11.9. The summed E-state index contributed by atoms with van der Waals surface area (Å²) < 4.78 is 0. The highest BCUT2D eigenvalue weighted by atomic mass is 16.3. The van der Waals surface area contributed by atoms with Crippen LogP contribution >= 0.6 is 0 Å². The SMILES string of the molecule is CC(C)Cc1cccc(C(=O)C(C)O)c1. The van der Waals surface area contributed by atoms with Crippen molar-refractivity contribution in [3.63, 3.8) is 0 Å². The van der Waals surface area contributed by atoms with E-state index in [0.717, 1.165) is 12.0 Å². The van der Waals surface area contributed by atoms with Gasteiger partial charge in [-0.1, -0.05) is 32.0 Å². The van der Waals surface area contributed by atoms with Gasteiger partial charge in [0.25, 0.3) is 0 Å². The van der Waals surface area contributed by atoms with Crippen LogP contribution in [0.25, 0.3) is 0 Å². The Bertz CT molecular complexity index is 340. The van der Waals surface area contributed by atoms with E-state index in [9.17, 15) is 9.90 Å². The van der Waals surface area contributed by atoms with Crippen LogP contribution in [0.15, 0.2) is 24.3 Å². The van der Waals surface area contributed by atoms with Gasteiger partial charge in [0.15, 0.2) is 5.78 Å². The molecular weight excluding hydrogens is 188 g/mol. The van der Waals surface area contributed by atoms with Crippen molar-refractivity contribution in [2.75, 3.05) is 0 Å². The number of carbonyl (C=O) groups excluding carboxylic acids is 1. The lowest BCUT2D eigenvalue weighted by molar-refractivity contribution is 0.0779. The van der Waals surface area contributed by atoms with Crippen LogP contribution in [0.4, 0.5) is 0 Å². The Kier molecular flexibility index (Phi) is 4.04. The van der Waals surface area contributed by atoms with Crippen LogP contribution in [0, 0.1) is 5.92 Å². The molecule has 15 heavy (non-hydrogen) atoms. The molecule has 1 rings (SSSR count). The molecule has 0 heterocycles. The Hall–Kier alpha value is -1.15. The smallest absolute Gasteiger partial charge is 0.190 e. The van der Waals surface area contributed by atoms with Gasteiger partial charge in [-0.25, -0.2) is 0 Å². The molecule has 0 aliphatic rings. The average Bonchev–Trinajstić information content (AvgIpc) is 2.16. The zero-order valence-electron chi connectivity index (χ0n) is 9.53. The highest BCUT2D eigenvalue weighted by Crippen LogP contribution is 2.12. The molecule has 1 aromatic rings. The molecule has 0 radical (unpaired) electrons. The molecule has 2 nitrogen and oxygen atoms in total. The summed E-state index contributed by atoms with van der Waals surface area (Å²) in [7, 11) is 0. The van der Waals surface area contributed by atoms with Crippen molar-refractivity contribution in [2.45, 2.75) is 33.3 Å². The lowest BCUT2D eigenvalue weighted by atomic mass is 9.98. The third-order valence-corrected chi connectivity index (χ3v) is 2.23. The molecule has 0 saturated carbocycles. The lowest BCUT2D eigenvalue weighted by Crippen LogP contribution is -2.16. The molecule has 0 aliphatic carbocycles. The third-order valence-electron chi connectivity index (χ3n) is 2.23. The Morgan fingerprint density at radius 2 is 2.00 bits per heavy atom.